The van der Waals surface area contributed by atoms with Crippen LogP contribution in [0.3, 0.4) is 0 Å². The van der Waals surface area contributed by atoms with Gasteiger partial charge in [0.15, 0.2) is 5.78 Å². The van der Waals surface area contributed by atoms with E-state index in [4.69, 9.17) is 4.74 Å². The average Bonchev–Trinajstić information content (AvgIpc) is 2.46. The molecule has 0 amide bonds. The number of carbonyl (C=O) groups excluding carboxylic acids is 1. The van der Waals surface area contributed by atoms with Crippen molar-refractivity contribution in [2.75, 3.05) is 7.11 Å². The minimum atomic E-state index is 0.0678. The molecular formula is C14H14N2O2. The maximum atomic E-state index is 12.0. The van der Waals surface area contributed by atoms with Gasteiger partial charge in [0.1, 0.15) is 5.75 Å². The quantitative estimate of drug-likeness (QED) is 0.755. The Morgan fingerprint density at radius 2 is 2.00 bits per heavy atom. The van der Waals surface area contributed by atoms with E-state index in [2.05, 4.69) is 9.97 Å². The molecule has 0 bridgehead atoms. The van der Waals surface area contributed by atoms with Crippen molar-refractivity contribution in [3.63, 3.8) is 0 Å². The van der Waals surface area contributed by atoms with Gasteiger partial charge in [0.2, 0.25) is 0 Å². The van der Waals surface area contributed by atoms with Gasteiger partial charge in [0.25, 0.3) is 0 Å². The van der Waals surface area contributed by atoms with Crippen LogP contribution in [-0.2, 0) is 6.42 Å². The van der Waals surface area contributed by atoms with E-state index >= 15 is 0 Å². The summed E-state index contributed by atoms with van der Waals surface area (Å²) in [6.45, 7) is 0. The predicted octanol–water partition coefficient (Wildman–Crippen LogP) is 2.30. The van der Waals surface area contributed by atoms with Crippen molar-refractivity contribution < 1.29 is 9.53 Å². The van der Waals surface area contributed by atoms with Gasteiger partial charge in [0, 0.05) is 30.6 Å². The molecule has 0 fully saturated rings. The zero-order chi connectivity index (χ0) is 12.8. The second-order valence-electron chi connectivity index (χ2n) is 3.89. The highest BCUT2D eigenvalue weighted by Gasteiger charge is 2.07. The van der Waals surface area contributed by atoms with Crippen molar-refractivity contribution in [3.05, 3.63) is 54.1 Å². The van der Waals surface area contributed by atoms with Gasteiger partial charge >= 0.3 is 0 Å². The lowest BCUT2D eigenvalue weighted by Gasteiger charge is -2.03. The molecule has 0 aliphatic rings. The van der Waals surface area contributed by atoms with Crippen LogP contribution in [0.4, 0.5) is 0 Å². The fraction of sp³-hybridized carbons (Fsp3) is 0.214. The van der Waals surface area contributed by atoms with Crippen molar-refractivity contribution in [1.29, 1.82) is 0 Å². The first-order valence-electron chi connectivity index (χ1n) is 5.71. The molecule has 0 spiro atoms. The number of carbonyl (C=O) groups is 1. The average molecular weight is 242 g/mol. The van der Waals surface area contributed by atoms with E-state index in [1.54, 1.807) is 38.0 Å². The largest absolute Gasteiger partial charge is 0.495 e. The third-order valence-electron chi connectivity index (χ3n) is 2.66. The number of Topliss-reactive ketones (excluding diaryl/α,β-unsaturated/α-hetero) is 1. The highest BCUT2D eigenvalue weighted by atomic mass is 16.5. The number of aromatic nitrogens is 2. The Labute approximate surface area is 106 Å². The first-order chi connectivity index (χ1) is 8.79. The molecule has 2 heterocycles. The molecule has 92 valence electrons. The molecule has 4 nitrogen and oxygen atoms in total. The molecule has 18 heavy (non-hydrogen) atoms. The van der Waals surface area contributed by atoms with Crippen LogP contribution in [0.2, 0.25) is 0 Å². The SMILES string of the molecule is COc1cncc(C(=O)CCc2ccncc2)c1. The van der Waals surface area contributed by atoms with Crippen LogP contribution in [-0.4, -0.2) is 22.9 Å². The van der Waals surface area contributed by atoms with Gasteiger partial charge in [-0.2, -0.15) is 0 Å². The Morgan fingerprint density at radius 3 is 2.72 bits per heavy atom. The summed E-state index contributed by atoms with van der Waals surface area (Å²) in [4.78, 5) is 19.9. The summed E-state index contributed by atoms with van der Waals surface area (Å²) in [5, 5.41) is 0. The summed E-state index contributed by atoms with van der Waals surface area (Å²) in [5.41, 5.74) is 1.69. The number of methoxy groups -OCH3 is 1. The van der Waals surface area contributed by atoms with E-state index in [1.807, 2.05) is 12.1 Å². The second-order valence-corrected chi connectivity index (χ2v) is 3.89. The van der Waals surface area contributed by atoms with Gasteiger partial charge in [-0.25, -0.2) is 0 Å². The van der Waals surface area contributed by atoms with Crippen molar-refractivity contribution >= 4 is 5.78 Å². The van der Waals surface area contributed by atoms with Crippen LogP contribution < -0.4 is 4.74 Å². The van der Waals surface area contributed by atoms with Crippen LogP contribution in [0, 0.1) is 0 Å². The van der Waals surface area contributed by atoms with Gasteiger partial charge in [-0.05, 0) is 30.2 Å². The number of aryl methyl sites for hydroxylation is 1. The van der Waals surface area contributed by atoms with E-state index in [1.165, 1.54) is 0 Å². The number of ether oxygens (including phenoxy) is 1. The van der Waals surface area contributed by atoms with Crippen LogP contribution in [0.1, 0.15) is 22.3 Å². The third-order valence-corrected chi connectivity index (χ3v) is 2.66. The Hall–Kier alpha value is -2.23. The topological polar surface area (TPSA) is 52.1 Å². The molecule has 2 aromatic heterocycles. The Bertz CT molecular complexity index is 526. The van der Waals surface area contributed by atoms with Crippen LogP contribution >= 0.6 is 0 Å². The minimum Gasteiger partial charge on any atom is -0.495 e. The summed E-state index contributed by atoms with van der Waals surface area (Å²) >= 11 is 0. The molecule has 2 aromatic rings. The lowest BCUT2D eigenvalue weighted by atomic mass is 10.0. The molecule has 2 rings (SSSR count). The van der Waals surface area contributed by atoms with Gasteiger partial charge < -0.3 is 4.74 Å². The van der Waals surface area contributed by atoms with Crippen LogP contribution in [0.5, 0.6) is 5.75 Å². The van der Waals surface area contributed by atoms with Crippen molar-refractivity contribution in [2.24, 2.45) is 0 Å². The van der Waals surface area contributed by atoms with Crippen molar-refractivity contribution in [2.45, 2.75) is 12.8 Å². The zero-order valence-electron chi connectivity index (χ0n) is 10.2. The molecule has 0 radical (unpaired) electrons. The maximum Gasteiger partial charge on any atom is 0.164 e. The Kier molecular flexibility index (Phi) is 4.02. The molecule has 4 heteroatoms. The zero-order valence-corrected chi connectivity index (χ0v) is 10.2. The molecule has 0 aliphatic heterocycles. The second kappa shape index (κ2) is 5.91. The van der Waals surface area contributed by atoms with E-state index in [0.29, 0.717) is 24.2 Å². The Balaban J connectivity index is 1.99. The summed E-state index contributed by atoms with van der Waals surface area (Å²) in [7, 11) is 1.56. The molecule has 0 saturated heterocycles. The van der Waals surface area contributed by atoms with Crippen molar-refractivity contribution in [3.8, 4) is 5.75 Å². The summed E-state index contributed by atoms with van der Waals surface area (Å²) in [6.07, 6.45) is 7.77. The van der Waals surface area contributed by atoms with E-state index in [9.17, 15) is 4.79 Å². The lowest BCUT2D eigenvalue weighted by molar-refractivity contribution is 0.0982. The molecule has 0 atom stereocenters. The lowest BCUT2D eigenvalue weighted by Crippen LogP contribution is -2.02. The van der Waals surface area contributed by atoms with Crippen molar-refractivity contribution in [1.82, 2.24) is 9.97 Å². The monoisotopic (exact) mass is 242 g/mol. The first-order valence-corrected chi connectivity index (χ1v) is 5.71. The fourth-order valence-corrected chi connectivity index (χ4v) is 1.63. The van der Waals surface area contributed by atoms with Crippen LogP contribution in [0.15, 0.2) is 43.0 Å². The molecule has 0 aromatic carbocycles. The molecule has 0 unspecified atom stereocenters. The number of nitrogens with zero attached hydrogens (tertiary/aromatic N) is 2. The van der Waals surface area contributed by atoms with Gasteiger partial charge in [-0.3, -0.25) is 14.8 Å². The van der Waals surface area contributed by atoms with Gasteiger partial charge in [-0.1, -0.05) is 0 Å². The predicted molar refractivity (Wildman–Crippen MR) is 67.7 cm³/mol. The number of rotatable bonds is 5. The standard InChI is InChI=1S/C14H14N2O2/c1-18-13-8-12(9-16-10-13)14(17)3-2-11-4-6-15-7-5-11/h4-10H,2-3H2,1H3. The van der Waals surface area contributed by atoms with Crippen LogP contribution in [0.25, 0.3) is 0 Å². The van der Waals surface area contributed by atoms with E-state index in [0.717, 1.165) is 5.56 Å². The summed E-state index contributed by atoms with van der Waals surface area (Å²) in [6, 6.07) is 5.54. The number of ketones is 1. The smallest absolute Gasteiger partial charge is 0.164 e. The first kappa shape index (κ1) is 12.2. The molecule has 0 saturated carbocycles. The van der Waals surface area contributed by atoms with E-state index < -0.39 is 0 Å². The summed E-state index contributed by atoms with van der Waals surface area (Å²) in [5.74, 6) is 0.669. The van der Waals surface area contributed by atoms with Gasteiger partial charge in [0.05, 0.1) is 13.3 Å². The Morgan fingerprint density at radius 1 is 1.22 bits per heavy atom. The minimum absolute atomic E-state index is 0.0678. The molecule has 0 aliphatic carbocycles. The maximum absolute atomic E-state index is 12.0. The number of pyridine rings is 2. The molecule has 0 N–H and O–H groups in total. The third kappa shape index (κ3) is 3.13. The fourth-order valence-electron chi connectivity index (χ4n) is 1.63. The molecular weight excluding hydrogens is 228 g/mol. The highest BCUT2D eigenvalue weighted by molar-refractivity contribution is 5.96. The van der Waals surface area contributed by atoms with E-state index in [-0.39, 0.29) is 5.78 Å². The van der Waals surface area contributed by atoms with Gasteiger partial charge in [-0.15, -0.1) is 0 Å². The highest BCUT2D eigenvalue weighted by Crippen LogP contribution is 2.13. The summed E-state index contributed by atoms with van der Waals surface area (Å²) < 4.78 is 5.04. The normalized spacial score (nSPS) is 10.1. The number of hydrogen-bond acceptors (Lipinski definition) is 4. The number of hydrogen-bond donors (Lipinski definition) is 0.